The Morgan fingerprint density at radius 3 is 3.12 bits per heavy atom. The number of aromatic nitrogens is 2. The van der Waals surface area contributed by atoms with Crippen LogP contribution in [-0.2, 0) is 16.0 Å². The number of imidazole rings is 1. The van der Waals surface area contributed by atoms with Gasteiger partial charge in [-0.3, -0.25) is 4.79 Å². The number of hydrogen-bond donors (Lipinski definition) is 1. The van der Waals surface area contributed by atoms with Gasteiger partial charge in [0.2, 0.25) is 0 Å². The number of aromatic hydroxyl groups is 1. The van der Waals surface area contributed by atoms with E-state index in [0.717, 1.165) is 0 Å². The molecular formula is C11H12N2O3. The van der Waals surface area contributed by atoms with Crippen molar-refractivity contribution in [1.29, 1.82) is 0 Å². The molecule has 2 aromatic heterocycles. The third-order valence-electron chi connectivity index (χ3n) is 2.14. The van der Waals surface area contributed by atoms with Gasteiger partial charge in [0.1, 0.15) is 0 Å². The van der Waals surface area contributed by atoms with Crippen molar-refractivity contribution in [2.45, 2.75) is 13.3 Å². The Hall–Kier alpha value is -2.04. The summed E-state index contributed by atoms with van der Waals surface area (Å²) >= 11 is 0. The largest absolute Gasteiger partial charge is 0.504 e. The van der Waals surface area contributed by atoms with Gasteiger partial charge in [0.15, 0.2) is 11.4 Å². The van der Waals surface area contributed by atoms with Crippen LogP contribution in [0.2, 0.25) is 0 Å². The average Bonchev–Trinajstić information content (AvgIpc) is 2.62. The van der Waals surface area contributed by atoms with Crippen LogP contribution in [0.25, 0.3) is 5.65 Å². The molecule has 1 N–H and O–H groups in total. The second-order valence-electron chi connectivity index (χ2n) is 3.34. The van der Waals surface area contributed by atoms with Crippen molar-refractivity contribution in [3.8, 4) is 5.75 Å². The van der Waals surface area contributed by atoms with Crippen molar-refractivity contribution in [1.82, 2.24) is 9.38 Å². The lowest BCUT2D eigenvalue weighted by Crippen LogP contribution is -2.07. The molecule has 0 atom stereocenters. The molecule has 84 valence electrons. The first-order valence-corrected chi connectivity index (χ1v) is 5.02. The first-order chi connectivity index (χ1) is 7.70. The Morgan fingerprint density at radius 1 is 1.62 bits per heavy atom. The molecule has 0 spiro atoms. The number of ether oxygens (including phenoxy) is 1. The topological polar surface area (TPSA) is 63.8 Å². The van der Waals surface area contributed by atoms with Gasteiger partial charge in [-0.05, 0) is 19.1 Å². The first kappa shape index (κ1) is 10.5. The SMILES string of the molecule is CCOC(=O)Cc1cn2cccc(O)c2n1. The molecule has 0 radical (unpaired) electrons. The molecule has 16 heavy (non-hydrogen) atoms. The third-order valence-corrected chi connectivity index (χ3v) is 2.14. The zero-order chi connectivity index (χ0) is 11.5. The Bertz CT molecular complexity index is 519. The van der Waals surface area contributed by atoms with Crippen molar-refractivity contribution >= 4 is 11.6 Å². The smallest absolute Gasteiger partial charge is 0.311 e. The number of carbonyl (C=O) groups is 1. The van der Waals surface area contributed by atoms with E-state index in [2.05, 4.69) is 4.98 Å². The molecule has 0 amide bonds. The normalized spacial score (nSPS) is 10.6. The summed E-state index contributed by atoms with van der Waals surface area (Å²) in [7, 11) is 0. The van der Waals surface area contributed by atoms with Gasteiger partial charge in [-0.15, -0.1) is 0 Å². The molecule has 0 aliphatic carbocycles. The predicted molar refractivity (Wildman–Crippen MR) is 57.2 cm³/mol. The molecule has 0 aliphatic heterocycles. The van der Waals surface area contributed by atoms with Crippen molar-refractivity contribution in [3.05, 3.63) is 30.2 Å². The van der Waals surface area contributed by atoms with Crippen LogP contribution in [0.1, 0.15) is 12.6 Å². The average molecular weight is 220 g/mol. The summed E-state index contributed by atoms with van der Waals surface area (Å²) in [6, 6.07) is 3.26. The maximum atomic E-state index is 11.2. The quantitative estimate of drug-likeness (QED) is 0.788. The predicted octanol–water partition coefficient (Wildman–Crippen LogP) is 1.15. The number of nitrogens with zero attached hydrogens (tertiary/aromatic N) is 2. The highest BCUT2D eigenvalue weighted by atomic mass is 16.5. The van der Waals surface area contributed by atoms with Crippen LogP contribution in [0.3, 0.4) is 0 Å². The third kappa shape index (κ3) is 1.98. The Balaban J connectivity index is 2.26. The Morgan fingerprint density at radius 2 is 2.44 bits per heavy atom. The van der Waals surface area contributed by atoms with Crippen LogP contribution in [-0.4, -0.2) is 27.1 Å². The zero-order valence-electron chi connectivity index (χ0n) is 8.88. The lowest BCUT2D eigenvalue weighted by molar-refractivity contribution is -0.142. The Labute approximate surface area is 92.3 Å². The van der Waals surface area contributed by atoms with E-state index in [9.17, 15) is 9.90 Å². The first-order valence-electron chi connectivity index (χ1n) is 5.02. The number of carbonyl (C=O) groups excluding carboxylic acids is 1. The summed E-state index contributed by atoms with van der Waals surface area (Å²) in [5.74, 6) is -0.219. The molecular weight excluding hydrogens is 208 g/mol. The van der Waals surface area contributed by atoms with Gasteiger partial charge in [0.25, 0.3) is 0 Å². The number of fused-ring (bicyclic) bond motifs is 1. The van der Waals surface area contributed by atoms with E-state index < -0.39 is 0 Å². The van der Waals surface area contributed by atoms with E-state index in [1.807, 2.05) is 0 Å². The van der Waals surface area contributed by atoms with Crippen molar-refractivity contribution in [3.63, 3.8) is 0 Å². The molecule has 5 heteroatoms. The lowest BCUT2D eigenvalue weighted by Gasteiger charge is -1.97. The van der Waals surface area contributed by atoms with E-state index in [1.54, 1.807) is 35.9 Å². The lowest BCUT2D eigenvalue weighted by atomic mass is 10.3. The Kier molecular flexibility index (Phi) is 2.76. The van der Waals surface area contributed by atoms with Crippen LogP contribution in [0.5, 0.6) is 5.75 Å². The fourth-order valence-corrected chi connectivity index (χ4v) is 1.49. The summed E-state index contributed by atoms with van der Waals surface area (Å²) in [4.78, 5) is 15.4. The van der Waals surface area contributed by atoms with E-state index >= 15 is 0 Å². The van der Waals surface area contributed by atoms with Gasteiger partial charge in [0.05, 0.1) is 18.7 Å². The van der Waals surface area contributed by atoms with Crippen LogP contribution in [0.4, 0.5) is 0 Å². The van der Waals surface area contributed by atoms with E-state index in [1.165, 1.54) is 0 Å². The van der Waals surface area contributed by atoms with Gasteiger partial charge in [-0.25, -0.2) is 4.98 Å². The second kappa shape index (κ2) is 4.22. The standard InChI is InChI=1S/C11H12N2O3/c1-2-16-10(15)6-8-7-13-5-3-4-9(14)11(13)12-8/h3-5,7,14H,2,6H2,1H3. The fourth-order valence-electron chi connectivity index (χ4n) is 1.49. The summed E-state index contributed by atoms with van der Waals surface area (Å²) in [6.45, 7) is 2.12. The molecule has 0 unspecified atom stereocenters. The molecule has 0 bridgehead atoms. The summed E-state index contributed by atoms with van der Waals surface area (Å²) in [5.41, 5.74) is 1.03. The molecule has 2 aromatic rings. The van der Waals surface area contributed by atoms with Gasteiger partial charge >= 0.3 is 5.97 Å². The molecule has 0 saturated carbocycles. The number of esters is 1. The minimum atomic E-state index is -0.314. The number of hydrogen-bond acceptors (Lipinski definition) is 4. The van der Waals surface area contributed by atoms with E-state index in [0.29, 0.717) is 17.9 Å². The minimum Gasteiger partial charge on any atom is -0.504 e. The van der Waals surface area contributed by atoms with E-state index in [-0.39, 0.29) is 18.1 Å². The highest BCUT2D eigenvalue weighted by Crippen LogP contribution is 2.16. The summed E-state index contributed by atoms with van der Waals surface area (Å²) < 4.78 is 6.49. The molecule has 2 rings (SSSR count). The number of pyridine rings is 1. The maximum Gasteiger partial charge on any atom is 0.311 e. The van der Waals surface area contributed by atoms with Gasteiger partial charge in [0, 0.05) is 12.4 Å². The molecule has 0 saturated heterocycles. The minimum absolute atomic E-state index is 0.0950. The zero-order valence-corrected chi connectivity index (χ0v) is 8.88. The van der Waals surface area contributed by atoms with Crippen molar-refractivity contribution in [2.75, 3.05) is 6.61 Å². The number of rotatable bonds is 3. The molecule has 5 nitrogen and oxygen atoms in total. The molecule has 0 fully saturated rings. The highest BCUT2D eigenvalue weighted by molar-refractivity contribution is 5.72. The second-order valence-corrected chi connectivity index (χ2v) is 3.34. The fraction of sp³-hybridized carbons (Fsp3) is 0.273. The monoisotopic (exact) mass is 220 g/mol. The van der Waals surface area contributed by atoms with Gasteiger partial charge < -0.3 is 14.2 Å². The van der Waals surface area contributed by atoms with Crippen LogP contribution in [0, 0.1) is 0 Å². The van der Waals surface area contributed by atoms with Gasteiger partial charge in [-0.1, -0.05) is 0 Å². The van der Waals surface area contributed by atoms with E-state index in [4.69, 9.17) is 4.74 Å². The summed E-state index contributed by atoms with van der Waals surface area (Å²) in [5, 5.41) is 9.52. The van der Waals surface area contributed by atoms with Crippen molar-refractivity contribution < 1.29 is 14.6 Å². The van der Waals surface area contributed by atoms with Crippen LogP contribution < -0.4 is 0 Å². The van der Waals surface area contributed by atoms with Crippen LogP contribution in [0.15, 0.2) is 24.5 Å². The van der Waals surface area contributed by atoms with Crippen LogP contribution >= 0.6 is 0 Å². The van der Waals surface area contributed by atoms with Gasteiger partial charge in [-0.2, -0.15) is 0 Å². The summed E-state index contributed by atoms with van der Waals surface area (Å²) in [6.07, 6.45) is 3.58. The highest BCUT2D eigenvalue weighted by Gasteiger charge is 2.09. The van der Waals surface area contributed by atoms with Crippen molar-refractivity contribution in [2.24, 2.45) is 0 Å². The molecule has 2 heterocycles. The maximum absolute atomic E-state index is 11.2. The molecule has 0 aliphatic rings. The molecule has 0 aromatic carbocycles.